The van der Waals surface area contributed by atoms with E-state index in [2.05, 4.69) is 20.1 Å². The van der Waals surface area contributed by atoms with E-state index in [0.717, 1.165) is 37.4 Å². The van der Waals surface area contributed by atoms with Crippen LogP contribution in [0.2, 0.25) is 0 Å². The molecule has 3 aromatic rings. The van der Waals surface area contributed by atoms with Gasteiger partial charge >= 0.3 is 0 Å². The van der Waals surface area contributed by atoms with Gasteiger partial charge in [0.1, 0.15) is 29.9 Å². The summed E-state index contributed by atoms with van der Waals surface area (Å²) in [6, 6.07) is 13.2. The quantitative estimate of drug-likeness (QED) is 0.284. The number of hydrogen-bond acceptors (Lipinski definition) is 5. The standard InChI is InChI=1S/C22H28N6O/c23-22(21-9-5-6-14-25-21)27-19-10-12-20(13-11-19)29-16-8-4-2-1-3-7-15-28-18-24-17-26-28/h5-6,9-14,17-18H,1-4,7-8,15-16H2,(H2,23,27). The number of rotatable bonds is 12. The molecule has 7 nitrogen and oxygen atoms in total. The van der Waals surface area contributed by atoms with E-state index in [9.17, 15) is 0 Å². The van der Waals surface area contributed by atoms with Gasteiger partial charge < -0.3 is 10.5 Å². The van der Waals surface area contributed by atoms with E-state index in [-0.39, 0.29) is 0 Å². The van der Waals surface area contributed by atoms with Crippen molar-refractivity contribution in [3.8, 4) is 5.75 Å². The maximum Gasteiger partial charge on any atom is 0.150 e. The number of ether oxygens (including phenoxy) is 1. The van der Waals surface area contributed by atoms with E-state index < -0.39 is 0 Å². The van der Waals surface area contributed by atoms with Crippen LogP contribution in [-0.4, -0.2) is 32.2 Å². The van der Waals surface area contributed by atoms with Crippen molar-refractivity contribution in [2.24, 2.45) is 10.7 Å². The molecule has 2 aromatic heterocycles. The van der Waals surface area contributed by atoms with Crippen LogP contribution in [0.5, 0.6) is 5.75 Å². The van der Waals surface area contributed by atoms with Crippen molar-refractivity contribution < 1.29 is 4.74 Å². The van der Waals surface area contributed by atoms with Crippen LogP contribution < -0.4 is 10.5 Å². The zero-order chi connectivity index (χ0) is 20.2. The third kappa shape index (κ3) is 7.37. The third-order valence-electron chi connectivity index (χ3n) is 4.53. The molecule has 0 fully saturated rings. The summed E-state index contributed by atoms with van der Waals surface area (Å²) < 4.78 is 7.70. The molecule has 0 amide bonds. The number of unbranched alkanes of at least 4 members (excludes halogenated alkanes) is 5. The van der Waals surface area contributed by atoms with Crippen LogP contribution in [-0.2, 0) is 6.54 Å². The Kier molecular flexibility index (Phi) is 8.19. The lowest BCUT2D eigenvalue weighted by molar-refractivity contribution is 0.304. The number of aromatic nitrogens is 4. The zero-order valence-electron chi connectivity index (χ0n) is 16.7. The molecule has 7 heteroatoms. The highest BCUT2D eigenvalue weighted by molar-refractivity contribution is 5.97. The summed E-state index contributed by atoms with van der Waals surface area (Å²) in [6.45, 7) is 1.69. The van der Waals surface area contributed by atoms with Gasteiger partial charge in [0.2, 0.25) is 0 Å². The van der Waals surface area contributed by atoms with Crippen molar-refractivity contribution in [2.75, 3.05) is 6.61 Å². The molecular weight excluding hydrogens is 364 g/mol. The Balaban J connectivity index is 1.27. The van der Waals surface area contributed by atoms with Crippen molar-refractivity contribution in [1.29, 1.82) is 0 Å². The second kappa shape index (κ2) is 11.6. The minimum absolute atomic E-state index is 0.403. The molecule has 2 heterocycles. The van der Waals surface area contributed by atoms with Crippen LogP contribution in [0.15, 0.2) is 66.3 Å². The largest absolute Gasteiger partial charge is 0.494 e. The second-order valence-corrected chi connectivity index (χ2v) is 6.83. The molecule has 2 N–H and O–H groups in total. The van der Waals surface area contributed by atoms with Gasteiger partial charge in [0.15, 0.2) is 0 Å². The normalized spacial score (nSPS) is 11.5. The molecule has 0 atom stereocenters. The molecule has 0 bridgehead atoms. The number of aryl methyl sites for hydroxylation is 1. The molecule has 0 unspecified atom stereocenters. The Morgan fingerprint density at radius 1 is 0.966 bits per heavy atom. The zero-order valence-corrected chi connectivity index (χ0v) is 16.7. The first-order valence-electron chi connectivity index (χ1n) is 10.1. The van der Waals surface area contributed by atoms with Crippen LogP contribution in [0.25, 0.3) is 0 Å². The molecule has 0 aliphatic rings. The predicted octanol–water partition coefficient (Wildman–Crippen LogP) is 4.13. The van der Waals surface area contributed by atoms with Gasteiger partial charge in [-0.05, 0) is 49.2 Å². The van der Waals surface area contributed by atoms with Crippen molar-refractivity contribution in [3.05, 3.63) is 67.0 Å². The average Bonchev–Trinajstić information content (AvgIpc) is 3.28. The average molecular weight is 393 g/mol. The van der Waals surface area contributed by atoms with E-state index in [0.29, 0.717) is 11.5 Å². The van der Waals surface area contributed by atoms with E-state index in [1.54, 1.807) is 18.9 Å². The molecule has 0 radical (unpaired) electrons. The summed E-state index contributed by atoms with van der Waals surface area (Å²) >= 11 is 0. The Bertz CT molecular complexity index is 847. The fourth-order valence-corrected chi connectivity index (χ4v) is 2.95. The van der Waals surface area contributed by atoms with Crippen LogP contribution >= 0.6 is 0 Å². The fourth-order valence-electron chi connectivity index (χ4n) is 2.95. The fraction of sp³-hybridized carbons (Fsp3) is 0.364. The summed E-state index contributed by atoms with van der Waals surface area (Å²) in [4.78, 5) is 12.5. The number of pyridine rings is 1. The summed E-state index contributed by atoms with van der Waals surface area (Å²) in [6.07, 6.45) is 12.2. The number of benzene rings is 1. The minimum Gasteiger partial charge on any atom is -0.494 e. The van der Waals surface area contributed by atoms with Crippen LogP contribution in [0, 0.1) is 0 Å². The molecule has 0 saturated carbocycles. The van der Waals surface area contributed by atoms with Crippen molar-refractivity contribution in [1.82, 2.24) is 19.7 Å². The van der Waals surface area contributed by atoms with Gasteiger partial charge in [0.25, 0.3) is 0 Å². The summed E-state index contributed by atoms with van der Waals surface area (Å²) in [5.74, 6) is 1.26. The number of nitrogens with zero attached hydrogens (tertiary/aromatic N) is 5. The maximum absolute atomic E-state index is 6.00. The smallest absolute Gasteiger partial charge is 0.150 e. The predicted molar refractivity (Wildman–Crippen MR) is 114 cm³/mol. The summed E-state index contributed by atoms with van der Waals surface area (Å²) in [7, 11) is 0. The molecular formula is C22H28N6O. The number of aliphatic imine (C=N–C) groups is 1. The lowest BCUT2D eigenvalue weighted by Crippen LogP contribution is -2.14. The number of nitrogens with two attached hydrogens (primary N) is 1. The molecule has 1 aromatic carbocycles. The Hall–Kier alpha value is -3.22. The van der Waals surface area contributed by atoms with Gasteiger partial charge in [-0.15, -0.1) is 0 Å². The van der Waals surface area contributed by atoms with Crippen molar-refractivity contribution >= 4 is 11.5 Å². The third-order valence-corrected chi connectivity index (χ3v) is 4.53. The van der Waals surface area contributed by atoms with Gasteiger partial charge in [0, 0.05) is 12.7 Å². The number of hydrogen-bond donors (Lipinski definition) is 1. The minimum atomic E-state index is 0.403. The first-order chi connectivity index (χ1) is 14.3. The highest BCUT2D eigenvalue weighted by Gasteiger charge is 2.00. The van der Waals surface area contributed by atoms with Gasteiger partial charge in [-0.25, -0.2) is 9.98 Å². The topological polar surface area (TPSA) is 91.2 Å². The molecule has 0 spiro atoms. The van der Waals surface area contributed by atoms with Gasteiger partial charge in [-0.2, -0.15) is 5.10 Å². The maximum atomic E-state index is 6.00. The lowest BCUT2D eigenvalue weighted by atomic mass is 10.1. The SMILES string of the molecule is NC(=Nc1ccc(OCCCCCCCCn2cncn2)cc1)c1ccccn1. The van der Waals surface area contributed by atoms with Crippen molar-refractivity contribution in [2.45, 2.75) is 45.1 Å². The molecule has 0 aliphatic carbocycles. The van der Waals surface area contributed by atoms with E-state index in [4.69, 9.17) is 10.5 Å². The molecule has 3 rings (SSSR count). The summed E-state index contributed by atoms with van der Waals surface area (Å²) in [5.41, 5.74) is 7.45. The number of amidine groups is 1. The van der Waals surface area contributed by atoms with Crippen molar-refractivity contribution in [3.63, 3.8) is 0 Å². The first kappa shape index (κ1) is 20.5. The van der Waals surface area contributed by atoms with Gasteiger partial charge in [0.05, 0.1) is 12.3 Å². The van der Waals surface area contributed by atoms with Gasteiger partial charge in [-0.3, -0.25) is 9.67 Å². The monoisotopic (exact) mass is 392 g/mol. The van der Waals surface area contributed by atoms with Crippen LogP contribution in [0.3, 0.4) is 0 Å². The van der Waals surface area contributed by atoms with E-state index in [1.807, 2.05) is 47.1 Å². The van der Waals surface area contributed by atoms with Gasteiger partial charge in [-0.1, -0.05) is 31.7 Å². The Morgan fingerprint density at radius 3 is 2.48 bits per heavy atom. The Morgan fingerprint density at radius 2 is 1.76 bits per heavy atom. The highest BCUT2D eigenvalue weighted by atomic mass is 16.5. The van der Waals surface area contributed by atoms with Crippen LogP contribution in [0.1, 0.15) is 44.2 Å². The second-order valence-electron chi connectivity index (χ2n) is 6.83. The Labute approximate surface area is 171 Å². The molecule has 0 aliphatic heterocycles. The molecule has 29 heavy (non-hydrogen) atoms. The molecule has 152 valence electrons. The van der Waals surface area contributed by atoms with E-state index >= 15 is 0 Å². The van der Waals surface area contributed by atoms with Crippen LogP contribution in [0.4, 0.5) is 5.69 Å². The highest BCUT2D eigenvalue weighted by Crippen LogP contribution is 2.19. The lowest BCUT2D eigenvalue weighted by Gasteiger charge is -2.07. The first-order valence-corrected chi connectivity index (χ1v) is 10.1. The summed E-state index contributed by atoms with van der Waals surface area (Å²) in [5, 5.41) is 4.11. The van der Waals surface area contributed by atoms with E-state index in [1.165, 1.54) is 25.7 Å². The molecule has 0 saturated heterocycles.